The maximum absolute atomic E-state index is 13.3. The summed E-state index contributed by atoms with van der Waals surface area (Å²) in [6, 6.07) is 6.53. The maximum Gasteiger partial charge on any atom is 0.184 e. The predicted octanol–water partition coefficient (Wildman–Crippen LogP) is 3.16. The van der Waals surface area contributed by atoms with Gasteiger partial charge >= 0.3 is 0 Å². The largest absolute Gasteiger partial charge is 0.493 e. The van der Waals surface area contributed by atoms with Gasteiger partial charge in [0.05, 0.1) is 20.8 Å². The molecule has 0 aliphatic carbocycles. The molecule has 4 nitrogen and oxygen atoms in total. The summed E-state index contributed by atoms with van der Waals surface area (Å²) in [6.45, 7) is 2.27. The zero-order valence-corrected chi connectivity index (χ0v) is 11.7. The van der Waals surface area contributed by atoms with Crippen LogP contribution in [0.15, 0.2) is 30.5 Å². The number of aromatic nitrogens is 1. The second kappa shape index (κ2) is 6.23. The van der Waals surface area contributed by atoms with Crippen molar-refractivity contribution >= 4 is 5.69 Å². The number of rotatable bonds is 5. The van der Waals surface area contributed by atoms with Crippen LogP contribution in [0.1, 0.15) is 11.3 Å². The fraction of sp³-hybridized carbons (Fsp3) is 0.267. The van der Waals surface area contributed by atoms with Crippen LogP contribution in [0.4, 0.5) is 10.1 Å². The molecule has 0 aliphatic rings. The van der Waals surface area contributed by atoms with E-state index in [1.165, 1.54) is 12.1 Å². The Kier molecular flexibility index (Phi) is 4.40. The van der Waals surface area contributed by atoms with E-state index in [-0.39, 0.29) is 5.82 Å². The highest BCUT2D eigenvalue weighted by molar-refractivity contribution is 5.48. The molecule has 0 aliphatic heterocycles. The minimum Gasteiger partial charge on any atom is -0.493 e. The Morgan fingerprint density at radius 2 is 2.00 bits per heavy atom. The standard InChI is InChI=1S/C15H17FN2O2/c1-10-6-11(16)8-12(7-10)18-9-13-15(20-3)14(19-2)4-5-17-13/h4-8,18H,9H2,1-3H3. The Hall–Kier alpha value is -2.30. The van der Waals surface area contributed by atoms with E-state index < -0.39 is 0 Å². The summed E-state index contributed by atoms with van der Waals surface area (Å²) in [6.07, 6.45) is 1.65. The summed E-state index contributed by atoms with van der Waals surface area (Å²) in [5.74, 6) is 0.934. The van der Waals surface area contributed by atoms with Gasteiger partial charge < -0.3 is 14.8 Å². The van der Waals surface area contributed by atoms with E-state index >= 15 is 0 Å². The molecule has 1 N–H and O–H groups in total. The van der Waals surface area contributed by atoms with E-state index in [9.17, 15) is 4.39 Å². The fourth-order valence-electron chi connectivity index (χ4n) is 2.00. The van der Waals surface area contributed by atoms with Crippen molar-refractivity contribution in [3.63, 3.8) is 0 Å². The number of ether oxygens (including phenoxy) is 2. The van der Waals surface area contributed by atoms with Gasteiger partial charge in [-0.2, -0.15) is 0 Å². The average molecular weight is 276 g/mol. The molecule has 106 valence electrons. The lowest BCUT2D eigenvalue weighted by molar-refractivity contribution is 0.350. The average Bonchev–Trinajstić information content (AvgIpc) is 2.43. The number of benzene rings is 1. The molecule has 2 aromatic rings. The van der Waals surface area contributed by atoms with Crippen LogP contribution >= 0.6 is 0 Å². The summed E-state index contributed by atoms with van der Waals surface area (Å²) < 4.78 is 23.8. The predicted molar refractivity (Wildman–Crippen MR) is 75.8 cm³/mol. The smallest absolute Gasteiger partial charge is 0.184 e. The first kappa shape index (κ1) is 14.1. The highest BCUT2D eigenvalue weighted by Gasteiger charge is 2.10. The van der Waals surface area contributed by atoms with Crippen LogP contribution in [0, 0.1) is 12.7 Å². The van der Waals surface area contributed by atoms with Gasteiger partial charge in [0, 0.05) is 18.0 Å². The quantitative estimate of drug-likeness (QED) is 0.911. The second-order valence-corrected chi connectivity index (χ2v) is 4.36. The van der Waals surface area contributed by atoms with Gasteiger partial charge in [0.1, 0.15) is 11.5 Å². The zero-order valence-electron chi connectivity index (χ0n) is 11.7. The number of methoxy groups -OCH3 is 2. The van der Waals surface area contributed by atoms with Crippen LogP contribution in [-0.2, 0) is 6.54 Å². The topological polar surface area (TPSA) is 43.4 Å². The van der Waals surface area contributed by atoms with E-state index in [4.69, 9.17) is 9.47 Å². The van der Waals surface area contributed by atoms with Crippen molar-refractivity contribution in [1.29, 1.82) is 0 Å². The van der Waals surface area contributed by atoms with Crippen molar-refractivity contribution < 1.29 is 13.9 Å². The minimum atomic E-state index is -0.266. The van der Waals surface area contributed by atoms with Gasteiger partial charge in [-0.15, -0.1) is 0 Å². The van der Waals surface area contributed by atoms with E-state index in [1.807, 2.05) is 13.0 Å². The molecular formula is C15H17FN2O2. The van der Waals surface area contributed by atoms with E-state index in [2.05, 4.69) is 10.3 Å². The SMILES string of the molecule is COc1ccnc(CNc2cc(C)cc(F)c2)c1OC. The monoisotopic (exact) mass is 276 g/mol. The molecule has 2 rings (SSSR count). The summed E-state index contributed by atoms with van der Waals surface area (Å²) in [5, 5.41) is 3.13. The molecule has 0 spiro atoms. The fourth-order valence-corrected chi connectivity index (χ4v) is 2.00. The number of pyridine rings is 1. The van der Waals surface area contributed by atoms with Crippen LogP contribution in [0.25, 0.3) is 0 Å². The van der Waals surface area contributed by atoms with Crippen molar-refractivity contribution in [2.24, 2.45) is 0 Å². The second-order valence-electron chi connectivity index (χ2n) is 4.36. The molecule has 0 unspecified atom stereocenters. The zero-order chi connectivity index (χ0) is 14.5. The van der Waals surface area contributed by atoms with Gasteiger partial charge in [-0.05, 0) is 30.7 Å². The summed E-state index contributed by atoms with van der Waals surface area (Å²) in [7, 11) is 3.14. The number of nitrogens with one attached hydrogen (secondary N) is 1. The summed E-state index contributed by atoms with van der Waals surface area (Å²) >= 11 is 0. The molecule has 20 heavy (non-hydrogen) atoms. The maximum atomic E-state index is 13.3. The first-order valence-corrected chi connectivity index (χ1v) is 6.21. The molecule has 0 bridgehead atoms. The lowest BCUT2D eigenvalue weighted by Crippen LogP contribution is -2.05. The van der Waals surface area contributed by atoms with E-state index in [0.29, 0.717) is 29.4 Å². The van der Waals surface area contributed by atoms with Crippen LogP contribution < -0.4 is 14.8 Å². The number of aryl methyl sites for hydroxylation is 1. The lowest BCUT2D eigenvalue weighted by atomic mass is 10.2. The van der Waals surface area contributed by atoms with Crippen LogP contribution in [0.5, 0.6) is 11.5 Å². The van der Waals surface area contributed by atoms with Gasteiger partial charge in [-0.1, -0.05) is 0 Å². The molecule has 0 saturated carbocycles. The normalized spacial score (nSPS) is 10.2. The lowest BCUT2D eigenvalue weighted by Gasteiger charge is -2.13. The first-order valence-electron chi connectivity index (χ1n) is 6.21. The Balaban J connectivity index is 2.18. The number of hydrogen-bond acceptors (Lipinski definition) is 4. The summed E-state index contributed by atoms with van der Waals surface area (Å²) in [4.78, 5) is 4.26. The molecular weight excluding hydrogens is 259 g/mol. The molecule has 1 aromatic carbocycles. The Bertz CT molecular complexity index is 582. The third-order valence-electron chi connectivity index (χ3n) is 2.87. The third kappa shape index (κ3) is 3.17. The van der Waals surface area contributed by atoms with Gasteiger partial charge in [-0.3, -0.25) is 4.98 Å². The van der Waals surface area contributed by atoms with Crippen LogP contribution in [0.2, 0.25) is 0 Å². The Labute approximate surface area is 117 Å². The highest BCUT2D eigenvalue weighted by atomic mass is 19.1. The van der Waals surface area contributed by atoms with Crippen molar-refractivity contribution in [2.75, 3.05) is 19.5 Å². The molecule has 0 fully saturated rings. The number of halogens is 1. The third-order valence-corrected chi connectivity index (χ3v) is 2.87. The number of anilines is 1. The van der Waals surface area contributed by atoms with Gasteiger partial charge in [0.25, 0.3) is 0 Å². The van der Waals surface area contributed by atoms with E-state index in [1.54, 1.807) is 26.5 Å². The minimum absolute atomic E-state index is 0.266. The molecule has 5 heteroatoms. The van der Waals surface area contributed by atoms with Gasteiger partial charge in [0.2, 0.25) is 0 Å². The molecule has 1 heterocycles. The van der Waals surface area contributed by atoms with E-state index in [0.717, 1.165) is 5.56 Å². The summed E-state index contributed by atoms with van der Waals surface area (Å²) in [5.41, 5.74) is 2.26. The molecule has 0 radical (unpaired) electrons. The van der Waals surface area contributed by atoms with Gasteiger partial charge in [0.15, 0.2) is 11.5 Å². The van der Waals surface area contributed by atoms with Gasteiger partial charge in [-0.25, -0.2) is 4.39 Å². The van der Waals surface area contributed by atoms with Crippen LogP contribution in [-0.4, -0.2) is 19.2 Å². The first-order chi connectivity index (χ1) is 9.63. The molecule has 0 atom stereocenters. The van der Waals surface area contributed by atoms with Crippen molar-refractivity contribution in [2.45, 2.75) is 13.5 Å². The Morgan fingerprint density at radius 1 is 1.20 bits per heavy atom. The number of nitrogens with zero attached hydrogens (tertiary/aromatic N) is 1. The van der Waals surface area contributed by atoms with Crippen LogP contribution in [0.3, 0.4) is 0 Å². The number of hydrogen-bond donors (Lipinski definition) is 1. The van der Waals surface area contributed by atoms with Crippen molar-refractivity contribution in [1.82, 2.24) is 4.98 Å². The molecule has 0 saturated heterocycles. The molecule has 0 amide bonds. The highest BCUT2D eigenvalue weighted by Crippen LogP contribution is 2.29. The van der Waals surface area contributed by atoms with Crippen molar-refractivity contribution in [3.05, 3.63) is 47.5 Å². The van der Waals surface area contributed by atoms with Crippen molar-refractivity contribution in [3.8, 4) is 11.5 Å². The molecule has 1 aromatic heterocycles. The Morgan fingerprint density at radius 3 is 2.65 bits per heavy atom.